The van der Waals surface area contributed by atoms with Gasteiger partial charge in [0.1, 0.15) is 0 Å². The molecule has 0 spiro atoms. The summed E-state index contributed by atoms with van der Waals surface area (Å²) in [5, 5.41) is 10.1. The van der Waals surface area contributed by atoms with E-state index < -0.39 is 0 Å². The van der Waals surface area contributed by atoms with Crippen molar-refractivity contribution in [2.45, 2.75) is 6.92 Å². The lowest BCUT2D eigenvalue weighted by molar-refractivity contribution is -0.0802. The van der Waals surface area contributed by atoms with Gasteiger partial charge in [-0.15, -0.1) is 0 Å². The Bertz CT molecular complexity index is 51.7. The largest absolute Gasteiger partial charge is 0.314 e. The third-order valence-electron chi connectivity index (χ3n) is 0.919. The van der Waals surface area contributed by atoms with Crippen molar-refractivity contribution in [2.24, 2.45) is 0 Å². The summed E-state index contributed by atoms with van der Waals surface area (Å²) in [4.78, 5) is 0. The molecule has 0 aromatic rings. The molecule has 2 nitrogen and oxygen atoms in total. The smallest absolute Gasteiger partial charge is 0.0328 e. The molecule has 3 heteroatoms. The third-order valence-corrected chi connectivity index (χ3v) is 1.51. The second kappa shape index (κ2) is 5.41. The molecule has 0 amide bonds. The molecule has 0 aromatic heterocycles. The van der Waals surface area contributed by atoms with Crippen molar-refractivity contribution in [3.05, 3.63) is 0 Å². The lowest BCUT2D eigenvalue weighted by Crippen LogP contribution is -2.20. The first kappa shape index (κ1) is 8.27. The number of nitrogens with zero attached hydrogens (tertiary/aromatic N) is 1. The van der Waals surface area contributed by atoms with Crippen LogP contribution in [0.25, 0.3) is 0 Å². The van der Waals surface area contributed by atoms with E-state index in [1.54, 1.807) is 11.8 Å². The minimum absolute atomic E-state index is 0.723. The van der Waals surface area contributed by atoms with Crippen LogP contribution in [0, 0.1) is 0 Å². The van der Waals surface area contributed by atoms with Gasteiger partial charge in [0.15, 0.2) is 0 Å². The van der Waals surface area contributed by atoms with E-state index in [0.717, 1.165) is 18.8 Å². The summed E-state index contributed by atoms with van der Waals surface area (Å²) < 4.78 is 0. The van der Waals surface area contributed by atoms with Gasteiger partial charge >= 0.3 is 0 Å². The summed E-state index contributed by atoms with van der Waals surface area (Å²) in [5.74, 6) is 1.00. The Morgan fingerprint density at radius 3 is 2.62 bits per heavy atom. The predicted molar refractivity (Wildman–Crippen MR) is 37.4 cm³/mol. The highest BCUT2D eigenvalue weighted by Gasteiger charge is 1.91. The minimum atomic E-state index is 0.723. The van der Waals surface area contributed by atoms with Crippen molar-refractivity contribution in [1.82, 2.24) is 5.06 Å². The predicted octanol–water partition coefficient (Wildman–Crippen LogP) is 1.06. The Kier molecular flexibility index (Phi) is 5.59. The van der Waals surface area contributed by atoms with Crippen LogP contribution in [0.4, 0.5) is 0 Å². The lowest BCUT2D eigenvalue weighted by Gasteiger charge is -2.09. The van der Waals surface area contributed by atoms with Crippen LogP contribution in [0.3, 0.4) is 0 Å². The molecular weight excluding hydrogens is 122 g/mol. The van der Waals surface area contributed by atoms with E-state index in [-0.39, 0.29) is 0 Å². The van der Waals surface area contributed by atoms with Crippen LogP contribution < -0.4 is 0 Å². The molecule has 0 atom stereocenters. The molecule has 0 aromatic carbocycles. The fourth-order valence-electron chi connectivity index (χ4n) is 0.355. The molecule has 0 saturated heterocycles. The maximum Gasteiger partial charge on any atom is 0.0328 e. The van der Waals surface area contributed by atoms with E-state index in [4.69, 9.17) is 5.21 Å². The SMILES string of the molecule is CCN(O)CCSC. The first-order valence-corrected chi connectivity index (χ1v) is 4.13. The Balaban J connectivity index is 2.86. The lowest BCUT2D eigenvalue weighted by atomic mass is 10.6. The van der Waals surface area contributed by atoms with Gasteiger partial charge in [-0.3, -0.25) is 0 Å². The van der Waals surface area contributed by atoms with Crippen LogP contribution in [0.15, 0.2) is 0 Å². The van der Waals surface area contributed by atoms with Gasteiger partial charge in [-0.05, 0) is 6.26 Å². The van der Waals surface area contributed by atoms with Crippen LogP contribution in [-0.2, 0) is 0 Å². The summed E-state index contributed by atoms with van der Waals surface area (Å²) in [6.07, 6.45) is 2.03. The van der Waals surface area contributed by atoms with Crippen LogP contribution in [0.2, 0.25) is 0 Å². The van der Waals surface area contributed by atoms with Crippen molar-refractivity contribution >= 4 is 11.8 Å². The summed E-state index contributed by atoms with van der Waals surface area (Å²) in [6.45, 7) is 3.43. The molecule has 0 aliphatic rings. The Hall–Kier alpha value is 0.270. The van der Waals surface area contributed by atoms with Gasteiger partial charge in [-0.2, -0.15) is 16.8 Å². The molecule has 0 heterocycles. The number of thioether (sulfide) groups is 1. The van der Waals surface area contributed by atoms with E-state index in [1.807, 2.05) is 13.2 Å². The van der Waals surface area contributed by atoms with E-state index in [1.165, 1.54) is 5.06 Å². The maximum atomic E-state index is 8.81. The van der Waals surface area contributed by atoms with Crippen molar-refractivity contribution in [1.29, 1.82) is 0 Å². The van der Waals surface area contributed by atoms with Crippen molar-refractivity contribution in [3.8, 4) is 0 Å². The quantitative estimate of drug-likeness (QED) is 0.583. The molecule has 50 valence electrons. The number of hydrogen-bond acceptors (Lipinski definition) is 3. The average Bonchev–Trinajstić information content (AvgIpc) is 1.83. The second-order valence-electron chi connectivity index (χ2n) is 1.54. The summed E-state index contributed by atoms with van der Waals surface area (Å²) in [6, 6.07) is 0. The topological polar surface area (TPSA) is 23.5 Å². The maximum absolute atomic E-state index is 8.81. The molecular formula is C5H13NOS. The summed E-state index contributed by atoms with van der Waals surface area (Å²) in [7, 11) is 0. The number of hydroxylamine groups is 2. The van der Waals surface area contributed by atoms with Crippen LogP contribution in [0.1, 0.15) is 6.92 Å². The fourth-order valence-corrected chi connectivity index (χ4v) is 0.748. The van der Waals surface area contributed by atoms with Crippen LogP contribution in [0.5, 0.6) is 0 Å². The van der Waals surface area contributed by atoms with Crippen LogP contribution in [-0.4, -0.2) is 35.4 Å². The van der Waals surface area contributed by atoms with E-state index in [0.29, 0.717) is 0 Å². The van der Waals surface area contributed by atoms with Crippen LogP contribution >= 0.6 is 11.8 Å². The standard InChI is InChI=1S/C5H13NOS/c1-3-6(7)4-5-8-2/h7H,3-5H2,1-2H3. The highest BCUT2D eigenvalue weighted by molar-refractivity contribution is 7.98. The second-order valence-corrected chi connectivity index (χ2v) is 2.52. The molecule has 1 N–H and O–H groups in total. The molecule has 0 rings (SSSR count). The number of rotatable bonds is 4. The highest BCUT2D eigenvalue weighted by Crippen LogP contribution is 1.91. The molecule has 0 saturated carbocycles. The van der Waals surface area contributed by atoms with Gasteiger partial charge < -0.3 is 5.21 Å². The Morgan fingerprint density at radius 1 is 1.62 bits per heavy atom. The van der Waals surface area contributed by atoms with Gasteiger partial charge in [-0.25, -0.2) is 0 Å². The highest BCUT2D eigenvalue weighted by atomic mass is 32.2. The minimum Gasteiger partial charge on any atom is -0.314 e. The zero-order valence-corrected chi connectivity index (χ0v) is 6.24. The van der Waals surface area contributed by atoms with Gasteiger partial charge in [0, 0.05) is 18.8 Å². The monoisotopic (exact) mass is 135 g/mol. The molecule has 0 radical (unpaired) electrons. The van der Waals surface area contributed by atoms with E-state index in [2.05, 4.69) is 0 Å². The third kappa shape index (κ3) is 4.43. The van der Waals surface area contributed by atoms with Crippen molar-refractivity contribution in [2.75, 3.05) is 25.1 Å². The normalized spacial score (nSPS) is 10.5. The average molecular weight is 135 g/mol. The van der Waals surface area contributed by atoms with Gasteiger partial charge in [0.05, 0.1) is 0 Å². The van der Waals surface area contributed by atoms with Gasteiger partial charge in [0.2, 0.25) is 0 Å². The Morgan fingerprint density at radius 2 is 2.25 bits per heavy atom. The number of hydrogen-bond donors (Lipinski definition) is 1. The van der Waals surface area contributed by atoms with E-state index >= 15 is 0 Å². The molecule has 0 fully saturated rings. The molecule has 0 aliphatic carbocycles. The first-order valence-electron chi connectivity index (χ1n) is 2.74. The fraction of sp³-hybridized carbons (Fsp3) is 1.00. The molecule has 0 bridgehead atoms. The summed E-state index contributed by atoms with van der Waals surface area (Å²) >= 11 is 1.74. The Labute approximate surface area is 54.8 Å². The van der Waals surface area contributed by atoms with Gasteiger partial charge in [0.25, 0.3) is 0 Å². The molecule has 0 unspecified atom stereocenters. The zero-order valence-electron chi connectivity index (χ0n) is 5.42. The summed E-state index contributed by atoms with van der Waals surface area (Å²) in [5.41, 5.74) is 0. The van der Waals surface area contributed by atoms with Crippen molar-refractivity contribution in [3.63, 3.8) is 0 Å². The van der Waals surface area contributed by atoms with Gasteiger partial charge in [-0.1, -0.05) is 6.92 Å². The molecule has 0 aliphatic heterocycles. The molecule has 8 heavy (non-hydrogen) atoms. The first-order chi connectivity index (χ1) is 3.81. The zero-order chi connectivity index (χ0) is 6.41. The van der Waals surface area contributed by atoms with E-state index in [9.17, 15) is 0 Å². The van der Waals surface area contributed by atoms with Crippen molar-refractivity contribution < 1.29 is 5.21 Å².